The largest absolute Gasteiger partial charge is 0.326 e. The van der Waals surface area contributed by atoms with Crippen molar-refractivity contribution in [1.29, 1.82) is 0 Å². The first-order chi connectivity index (χ1) is 8.30. The molecule has 0 amide bonds. The summed E-state index contributed by atoms with van der Waals surface area (Å²) in [6.07, 6.45) is 5.34. The van der Waals surface area contributed by atoms with Crippen LogP contribution in [0.5, 0.6) is 0 Å². The molecule has 0 saturated carbocycles. The molecular weight excluding hydrogens is 226 g/mol. The van der Waals surface area contributed by atoms with Crippen molar-refractivity contribution in [2.45, 2.75) is 51.0 Å². The first kappa shape index (κ1) is 14.6. The Labute approximate surface area is 110 Å². The lowest BCUT2D eigenvalue weighted by atomic mass is 10.0. The molecule has 1 aromatic rings. The van der Waals surface area contributed by atoms with E-state index in [2.05, 4.69) is 38.1 Å². The Morgan fingerprint density at radius 1 is 1.29 bits per heavy atom. The van der Waals surface area contributed by atoms with Crippen LogP contribution in [0.4, 0.5) is 0 Å². The smallest absolute Gasteiger partial charge is 0.0178 e. The van der Waals surface area contributed by atoms with E-state index in [9.17, 15) is 0 Å². The van der Waals surface area contributed by atoms with Crippen LogP contribution in [-0.4, -0.2) is 5.75 Å². The Bertz CT molecular complexity index is 312. The first-order valence-corrected chi connectivity index (χ1v) is 7.70. The van der Waals surface area contributed by atoms with Crippen LogP contribution in [0.2, 0.25) is 0 Å². The third kappa shape index (κ3) is 5.60. The van der Waals surface area contributed by atoms with Crippen molar-refractivity contribution in [3.63, 3.8) is 0 Å². The number of rotatable bonds is 8. The van der Waals surface area contributed by atoms with Gasteiger partial charge in [0.05, 0.1) is 0 Å². The average molecular weight is 251 g/mol. The molecule has 0 aromatic heterocycles. The molecule has 0 bridgehead atoms. The lowest BCUT2D eigenvalue weighted by Crippen LogP contribution is -2.02. The van der Waals surface area contributed by atoms with Crippen LogP contribution >= 0.6 is 11.8 Å². The lowest BCUT2D eigenvalue weighted by molar-refractivity contribution is 0.499. The zero-order chi connectivity index (χ0) is 12.5. The van der Waals surface area contributed by atoms with Gasteiger partial charge in [-0.2, -0.15) is 0 Å². The summed E-state index contributed by atoms with van der Waals surface area (Å²) in [5.41, 5.74) is 6.89. The average Bonchev–Trinajstić information content (AvgIpc) is 2.39. The topological polar surface area (TPSA) is 26.0 Å². The van der Waals surface area contributed by atoms with Gasteiger partial charge in [-0.05, 0) is 30.0 Å². The highest BCUT2D eigenvalue weighted by Crippen LogP contribution is 2.25. The quantitative estimate of drug-likeness (QED) is 0.691. The highest BCUT2D eigenvalue weighted by Gasteiger charge is 2.06. The van der Waals surface area contributed by atoms with Gasteiger partial charge in [-0.1, -0.05) is 45.2 Å². The fourth-order valence-corrected chi connectivity index (χ4v) is 3.11. The van der Waals surface area contributed by atoms with Gasteiger partial charge in [-0.3, -0.25) is 0 Å². The van der Waals surface area contributed by atoms with Crippen molar-refractivity contribution < 1.29 is 0 Å². The van der Waals surface area contributed by atoms with Crippen molar-refractivity contribution in [1.82, 2.24) is 0 Å². The molecule has 0 fully saturated rings. The Morgan fingerprint density at radius 3 is 2.76 bits per heavy atom. The summed E-state index contributed by atoms with van der Waals surface area (Å²) in [6.45, 7) is 5.21. The maximum absolute atomic E-state index is 5.66. The second kappa shape index (κ2) is 8.60. The van der Waals surface area contributed by atoms with Crippen LogP contribution in [-0.2, 0) is 6.54 Å². The lowest BCUT2D eigenvalue weighted by Gasteiger charge is -2.14. The van der Waals surface area contributed by atoms with Gasteiger partial charge in [0, 0.05) is 17.2 Å². The van der Waals surface area contributed by atoms with Gasteiger partial charge in [-0.15, -0.1) is 11.8 Å². The highest BCUT2D eigenvalue weighted by atomic mass is 32.2. The second-order valence-electron chi connectivity index (χ2n) is 4.58. The van der Waals surface area contributed by atoms with E-state index in [1.54, 1.807) is 0 Å². The van der Waals surface area contributed by atoms with E-state index in [4.69, 9.17) is 5.73 Å². The molecule has 0 heterocycles. The number of benzene rings is 1. The molecule has 1 nitrogen and oxygen atoms in total. The third-order valence-electron chi connectivity index (χ3n) is 3.16. The monoisotopic (exact) mass is 251 g/mol. The summed E-state index contributed by atoms with van der Waals surface area (Å²) in [7, 11) is 0. The number of hydrogen-bond donors (Lipinski definition) is 1. The zero-order valence-corrected chi connectivity index (χ0v) is 11.9. The first-order valence-electron chi connectivity index (χ1n) is 6.71. The van der Waals surface area contributed by atoms with Crippen molar-refractivity contribution in [3.05, 3.63) is 29.8 Å². The summed E-state index contributed by atoms with van der Waals surface area (Å²) in [5, 5.41) is 0. The normalized spacial score (nSPS) is 12.6. The van der Waals surface area contributed by atoms with Crippen LogP contribution in [0.1, 0.15) is 45.1 Å². The van der Waals surface area contributed by atoms with Crippen molar-refractivity contribution >= 4 is 11.8 Å². The summed E-state index contributed by atoms with van der Waals surface area (Å²) in [6, 6.07) is 8.61. The van der Waals surface area contributed by atoms with Crippen LogP contribution in [0.15, 0.2) is 29.2 Å². The summed E-state index contributed by atoms with van der Waals surface area (Å²) < 4.78 is 0. The van der Waals surface area contributed by atoms with E-state index in [1.165, 1.54) is 41.9 Å². The molecule has 0 spiro atoms. The van der Waals surface area contributed by atoms with E-state index in [1.807, 2.05) is 11.8 Å². The summed E-state index contributed by atoms with van der Waals surface area (Å²) in [4.78, 5) is 1.36. The number of nitrogens with two attached hydrogens (primary N) is 1. The predicted octanol–water partition coefficient (Wildman–Crippen LogP) is 4.45. The van der Waals surface area contributed by atoms with E-state index in [0.29, 0.717) is 6.54 Å². The molecule has 96 valence electrons. The maximum Gasteiger partial charge on any atom is 0.0178 e. The Hall–Kier alpha value is -0.470. The van der Waals surface area contributed by atoms with Gasteiger partial charge in [0.1, 0.15) is 0 Å². The molecule has 0 saturated heterocycles. The van der Waals surface area contributed by atoms with Crippen LogP contribution < -0.4 is 5.73 Å². The van der Waals surface area contributed by atoms with Gasteiger partial charge >= 0.3 is 0 Å². The van der Waals surface area contributed by atoms with E-state index in [0.717, 1.165) is 5.92 Å². The second-order valence-corrected chi connectivity index (χ2v) is 5.67. The van der Waals surface area contributed by atoms with E-state index < -0.39 is 0 Å². The zero-order valence-electron chi connectivity index (χ0n) is 11.1. The number of unbranched alkanes of at least 4 members (excludes halogenated alkanes) is 1. The third-order valence-corrected chi connectivity index (χ3v) is 4.39. The molecule has 2 N–H and O–H groups in total. The fourth-order valence-electron chi connectivity index (χ4n) is 1.87. The Kier molecular flexibility index (Phi) is 7.38. The van der Waals surface area contributed by atoms with Crippen molar-refractivity contribution in [2.24, 2.45) is 11.7 Å². The molecule has 0 aliphatic rings. The molecule has 17 heavy (non-hydrogen) atoms. The molecule has 1 aromatic carbocycles. The SMILES string of the molecule is CCCCC(CC)CSc1cccc(CN)c1. The maximum atomic E-state index is 5.66. The fraction of sp³-hybridized carbons (Fsp3) is 0.600. The molecule has 1 unspecified atom stereocenters. The summed E-state index contributed by atoms with van der Waals surface area (Å²) in [5.74, 6) is 2.10. The van der Waals surface area contributed by atoms with Crippen LogP contribution in [0.25, 0.3) is 0 Å². The van der Waals surface area contributed by atoms with Gasteiger partial charge in [0.25, 0.3) is 0 Å². The van der Waals surface area contributed by atoms with Gasteiger partial charge in [-0.25, -0.2) is 0 Å². The molecule has 1 atom stereocenters. The molecule has 1 rings (SSSR count). The van der Waals surface area contributed by atoms with Gasteiger partial charge < -0.3 is 5.73 Å². The highest BCUT2D eigenvalue weighted by molar-refractivity contribution is 7.99. The molecule has 0 radical (unpaired) electrons. The van der Waals surface area contributed by atoms with E-state index >= 15 is 0 Å². The standard InChI is InChI=1S/C15H25NS/c1-3-5-7-13(4-2)12-17-15-9-6-8-14(10-15)11-16/h6,8-10,13H,3-5,7,11-12,16H2,1-2H3. The van der Waals surface area contributed by atoms with Gasteiger partial charge in [0.2, 0.25) is 0 Å². The Morgan fingerprint density at radius 2 is 2.12 bits per heavy atom. The van der Waals surface area contributed by atoms with Crippen LogP contribution in [0.3, 0.4) is 0 Å². The predicted molar refractivity (Wildman–Crippen MR) is 78.4 cm³/mol. The molecule has 0 aliphatic carbocycles. The minimum Gasteiger partial charge on any atom is -0.326 e. The van der Waals surface area contributed by atoms with E-state index in [-0.39, 0.29) is 0 Å². The number of hydrogen-bond acceptors (Lipinski definition) is 2. The molecular formula is C15H25NS. The minimum absolute atomic E-state index is 0.640. The van der Waals surface area contributed by atoms with Crippen molar-refractivity contribution in [3.8, 4) is 0 Å². The van der Waals surface area contributed by atoms with Crippen molar-refractivity contribution in [2.75, 3.05) is 5.75 Å². The summed E-state index contributed by atoms with van der Waals surface area (Å²) >= 11 is 1.98. The minimum atomic E-state index is 0.640. The van der Waals surface area contributed by atoms with Crippen LogP contribution in [0, 0.1) is 5.92 Å². The molecule has 2 heteroatoms. The molecule has 0 aliphatic heterocycles. The Balaban J connectivity index is 2.41. The van der Waals surface area contributed by atoms with Gasteiger partial charge in [0.15, 0.2) is 0 Å². The number of thioether (sulfide) groups is 1.